The molecule has 0 aliphatic carbocycles. The summed E-state index contributed by atoms with van der Waals surface area (Å²) in [5, 5.41) is 14.5. The van der Waals surface area contributed by atoms with E-state index < -0.39 is 11.9 Å². The minimum Gasteiger partial charge on any atom is -0.334 e. The molecular weight excluding hydrogens is 422 g/mol. The topological polar surface area (TPSA) is 88.9 Å². The lowest BCUT2D eigenvalue weighted by Crippen LogP contribution is -2.40. The zero-order chi connectivity index (χ0) is 21.5. The summed E-state index contributed by atoms with van der Waals surface area (Å²) in [5.41, 5.74) is 2.81. The van der Waals surface area contributed by atoms with Crippen molar-refractivity contribution in [3.63, 3.8) is 0 Å². The van der Waals surface area contributed by atoms with Gasteiger partial charge in [0.1, 0.15) is 0 Å². The number of hydrogen-bond acceptors (Lipinski definition) is 5. The zero-order valence-electron chi connectivity index (χ0n) is 16.3. The number of aryl methyl sites for hydroxylation is 1. The lowest BCUT2D eigenvalue weighted by Gasteiger charge is -2.11. The lowest BCUT2D eigenvalue weighted by atomic mass is 10.1. The lowest BCUT2D eigenvalue weighted by molar-refractivity contribution is -0.117. The van der Waals surface area contributed by atoms with Gasteiger partial charge in [0.05, 0.1) is 5.75 Å². The number of benzene rings is 2. The maximum Gasteiger partial charge on any atom is 0.321 e. The van der Waals surface area contributed by atoms with Crippen LogP contribution in [0.2, 0.25) is 5.02 Å². The summed E-state index contributed by atoms with van der Waals surface area (Å²) >= 11 is 7.22. The number of rotatable bonds is 7. The first-order valence-electron chi connectivity index (χ1n) is 9.07. The number of carbonyl (C=O) groups is 2. The highest BCUT2D eigenvalue weighted by atomic mass is 35.5. The van der Waals surface area contributed by atoms with Crippen molar-refractivity contribution in [3.8, 4) is 17.1 Å². The van der Waals surface area contributed by atoms with E-state index in [0.717, 1.165) is 16.8 Å². The number of nitrogens with one attached hydrogen (secondary N) is 2. The molecule has 0 fully saturated rings. The molecule has 9 heteroatoms. The Balaban J connectivity index is 1.85. The molecule has 3 amide bonds. The number of nitrogens with zero attached hydrogens (tertiary/aromatic N) is 3. The number of hydrogen-bond donors (Lipinski definition) is 2. The van der Waals surface area contributed by atoms with E-state index in [0.29, 0.717) is 16.0 Å². The van der Waals surface area contributed by atoms with Crippen LogP contribution in [0, 0.1) is 6.92 Å². The van der Waals surface area contributed by atoms with Gasteiger partial charge in [-0.3, -0.25) is 14.7 Å². The number of amides is 3. The maximum atomic E-state index is 12.1. The monoisotopic (exact) mass is 441 g/mol. The second kappa shape index (κ2) is 10.1. The average molecular weight is 442 g/mol. The summed E-state index contributed by atoms with van der Waals surface area (Å²) in [6.07, 6.45) is 1.53. The quantitative estimate of drug-likeness (QED) is 0.427. The molecule has 154 valence electrons. The normalized spacial score (nSPS) is 10.5. The summed E-state index contributed by atoms with van der Waals surface area (Å²) in [5.74, 6) is 0.207. The van der Waals surface area contributed by atoms with Gasteiger partial charge in [-0.1, -0.05) is 53.2 Å². The van der Waals surface area contributed by atoms with Crippen LogP contribution >= 0.6 is 23.4 Å². The van der Waals surface area contributed by atoms with E-state index in [2.05, 4.69) is 27.4 Å². The summed E-state index contributed by atoms with van der Waals surface area (Å²) in [4.78, 5) is 23.7. The van der Waals surface area contributed by atoms with Gasteiger partial charge in [-0.05, 0) is 37.3 Å². The average Bonchev–Trinajstić information content (AvgIpc) is 3.15. The number of urea groups is 1. The largest absolute Gasteiger partial charge is 0.334 e. The molecule has 0 aliphatic heterocycles. The molecule has 0 atom stereocenters. The Kier molecular flexibility index (Phi) is 7.26. The third kappa shape index (κ3) is 5.49. The molecule has 0 unspecified atom stereocenters. The smallest absolute Gasteiger partial charge is 0.321 e. The molecule has 0 saturated heterocycles. The van der Waals surface area contributed by atoms with Gasteiger partial charge in [0, 0.05) is 22.8 Å². The Labute approximate surface area is 183 Å². The summed E-state index contributed by atoms with van der Waals surface area (Å²) in [6.45, 7) is 5.79. The van der Waals surface area contributed by atoms with Crippen molar-refractivity contribution in [1.82, 2.24) is 25.4 Å². The molecule has 3 rings (SSSR count). The van der Waals surface area contributed by atoms with Crippen molar-refractivity contribution in [2.24, 2.45) is 0 Å². The Morgan fingerprint density at radius 1 is 1.20 bits per heavy atom. The summed E-state index contributed by atoms with van der Waals surface area (Å²) in [7, 11) is 0. The molecule has 0 radical (unpaired) electrons. The predicted octanol–water partition coefficient (Wildman–Crippen LogP) is 4.00. The van der Waals surface area contributed by atoms with Crippen molar-refractivity contribution in [2.75, 3.05) is 12.3 Å². The van der Waals surface area contributed by atoms with E-state index in [1.165, 1.54) is 17.8 Å². The fourth-order valence-electron chi connectivity index (χ4n) is 2.66. The molecule has 7 nitrogen and oxygen atoms in total. The number of thioether (sulfide) groups is 1. The molecule has 0 saturated carbocycles. The van der Waals surface area contributed by atoms with E-state index in [9.17, 15) is 9.59 Å². The van der Waals surface area contributed by atoms with Gasteiger partial charge < -0.3 is 5.32 Å². The second-order valence-corrected chi connectivity index (χ2v) is 7.70. The molecular formula is C21H20ClN5O2S. The van der Waals surface area contributed by atoms with Crippen LogP contribution in [0.1, 0.15) is 5.56 Å². The highest BCUT2D eigenvalue weighted by molar-refractivity contribution is 7.99. The molecule has 3 aromatic rings. The number of halogens is 1. The van der Waals surface area contributed by atoms with Crippen LogP contribution in [0.4, 0.5) is 4.79 Å². The molecule has 1 aromatic heterocycles. The van der Waals surface area contributed by atoms with Crippen LogP contribution in [-0.4, -0.2) is 39.0 Å². The van der Waals surface area contributed by atoms with Gasteiger partial charge >= 0.3 is 6.03 Å². The first kappa shape index (κ1) is 21.6. The van der Waals surface area contributed by atoms with Crippen molar-refractivity contribution in [3.05, 3.63) is 71.8 Å². The number of imide groups is 1. The van der Waals surface area contributed by atoms with E-state index in [4.69, 9.17) is 11.6 Å². The van der Waals surface area contributed by atoms with E-state index in [-0.39, 0.29) is 12.3 Å². The molecule has 0 spiro atoms. The first-order chi connectivity index (χ1) is 14.5. The second-order valence-electron chi connectivity index (χ2n) is 6.32. The van der Waals surface area contributed by atoms with E-state index in [1.807, 2.05) is 47.9 Å². The minimum atomic E-state index is -0.569. The maximum absolute atomic E-state index is 12.1. The molecule has 0 aliphatic rings. The highest BCUT2D eigenvalue weighted by Gasteiger charge is 2.18. The molecule has 1 heterocycles. The van der Waals surface area contributed by atoms with Crippen molar-refractivity contribution < 1.29 is 9.59 Å². The SMILES string of the molecule is C=CCNC(=O)NC(=O)CSc1nnc(-c2cccc(C)c2)n1-c1ccc(Cl)cc1. The van der Waals surface area contributed by atoms with Crippen LogP contribution in [0.3, 0.4) is 0 Å². The van der Waals surface area contributed by atoms with Crippen LogP contribution in [0.15, 0.2) is 66.3 Å². The van der Waals surface area contributed by atoms with E-state index >= 15 is 0 Å². The van der Waals surface area contributed by atoms with Gasteiger partial charge in [-0.25, -0.2) is 4.79 Å². The van der Waals surface area contributed by atoms with Crippen molar-refractivity contribution in [1.29, 1.82) is 0 Å². The first-order valence-corrected chi connectivity index (χ1v) is 10.4. The van der Waals surface area contributed by atoms with Gasteiger partial charge in [-0.2, -0.15) is 0 Å². The molecule has 2 N–H and O–H groups in total. The number of aromatic nitrogens is 3. The van der Waals surface area contributed by atoms with Gasteiger partial charge in [0.15, 0.2) is 11.0 Å². The van der Waals surface area contributed by atoms with Gasteiger partial charge in [0.25, 0.3) is 0 Å². The van der Waals surface area contributed by atoms with Crippen molar-refractivity contribution >= 4 is 35.3 Å². The summed E-state index contributed by atoms with van der Waals surface area (Å²) in [6, 6.07) is 14.6. The number of carbonyl (C=O) groups excluding carboxylic acids is 2. The third-order valence-corrected chi connectivity index (χ3v) is 5.17. The minimum absolute atomic E-state index is 0.00104. The van der Waals surface area contributed by atoms with Gasteiger partial charge in [-0.15, -0.1) is 16.8 Å². The fourth-order valence-corrected chi connectivity index (χ4v) is 3.54. The standard InChI is InChI=1S/C21H20ClN5O2S/c1-3-11-23-20(29)24-18(28)13-30-21-26-25-19(15-6-4-5-14(2)12-15)27(21)17-9-7-16(22)8-10-17/h3-10,12H,1,11,13H2,2H3,(H2,23,24,28,29). The summed E-state index contributed by atoms with van der Waals surface area (Å²) < 4.78 is 1.86. The van der Waals surface area contributed by atoms with Crippen molar-refractivity contribution in [2.45, 2.75) is 12.1 Å². The molecule has 2 aromatic carbocycles. The molecule has 0 bridgehead atoms. The predicted molar refractivity (Wildman–Crippen MR) is 119 cm³/mol. The fraction of sp³-hybridized carbons (Fsp3) is 0.143. The Morgan fingerprint density at radius 2 is 1.97 bits per heavy atom. The van der Waals surface area contributed by atoms with Crippen LogP contribution in [-0.2, 0) is 4.79 Å². The van der Waals surface area contributed by atoms with Gasteiger partial charge in [0.2, 0.25) is 5.91 Å². The van der Waals surface area contributed by atoms with Crippen LogP contribution in [0.5, 0.6) is 0 Å². The van der Waals surface area contributed by atoms with Crippen LogP contribution in [0.25, 0.3) is 17.1 Å². The Morgan fingerprint density at radius 3 is 2.67 bits per heavy atom. The highest BCUT2D eigenvalue weighted by Crippen LogP contribution is 2.29. The Bertz CT molecular complexity index is 1070. The van der Waals surface area contributed by atoms with E-state index in [1.54, 1.807) is 12.1 Å². The zero-order valence-corrected chi connectivity index (χ0v) is 17.8. The van der Waals surface area contributed by atoms with Crippen LogP contribution < -0.4 is 10.6 Å². The molecule has 30 heavy (non-hydrogen) atoms. The third-order valence-electron chi connectivity index (χ3n) is 3.99. The Hall–Kier alpha value is -3.10.